The minimum atomic E-state index is -0.698. The van der Waals surface area contributed by atoms with Crippen LogP contribution in [-0.4, -0.2) is 93.1 Å². The van der Waals surface area contributed by atoms with Crippen LogP contribution >= 0.6 is 0 Å². The maximum Gasteiger partial charge on any atom is 0.407 e. The van der Waals surface area contributed by atoms with Crippen LogP contribution in [0, 0.1) is 11.8 Å². The summed E-state index contributed by atoms with van der Waals surface area (Å²) in [5, 5.41) is 7.17. The Labute approximate surface area is 311 Å². The summed E-state index contributed by atoms with van der Waals surface area (Å²) in [4.78, 5) is 70.4. The van der Waals surface area contributed by atoms with Crippen molar-refractivity contribution >= 4 is 45.9 Å². The molecule has 282 valence electrons. The number of benzene rings is 2. The van der Waals surface area contributed by atoms with Crippen molar-refractivity contribution in [2.75, 3.05) is 27.3 Å². The molecule has 5 aromatic rings. The molecule has 54 heavy (non-hydrogen) atoms. The number of hydrogen-bond donors (Lipinski definition) is 4. The quantitative estimate of drug-likeness (QED) is 0.145. The molecule has 3 aromatic heterocycles. The molecule has 1 unspecified atom stereocenters. The van der Waals surface area contributed by atoms with Gasteiger partial charge in [-0.1, -0.05) is 26.0 Å². The number of amides is 4. The highest BCUT2D eigenvalue weighted by Crippen LogP contribution is 2.50. The lowest BCUT2D eigenvalue weighted by Crippen LogP contribution is -2.54. The summed E-state index contributed by atoms with van der Waals surface area (Å²) in [6.45, 7) is 4.28. The first-order chi connectivity index (χ1) is 26.1. The van der Waals surface area contributed by atoms with Gasteiger partial charge in [0.15, 0.2) is 0 Å². The summed E-state index contributed by atoms with van der Waals surface area (Å²) >= 11 is 0. The van der Waals surface area contributed by atoms with E-state index in [1.807, 2.05) is 61.3 Å². The lowest BCUT2D eigenvalue weighted by Gasteiger charge is -2.37. The van der Waals surface area contributed by atoms with E-state index in [4.69, 9.17) is 14.1 Å². The van der Waals surface area contributed by atoms with Gasteiger partial charge in [0.05, 0.1) is 50.1 Å². The standard InChI is InChI=1S/C39H44N8O7/c1-20(2)33(45-39(51)53-4)37(49)47-24-10-7-23(14-24)34(47)36-41-18-28(44-36)22-9-12-26-25-11-8-21(15-30(25)54-31(26)16-22)27-17-40-35(43-27)29-6-5-13-46(29)32(48)19-42-38(50)52-3/h8-9,11-12,15-18,20,23-24,29,33-34H,5-7,10,13-14,19H2,1-4H3,(H,40,43)(H,41,44)(H,42,50)(H,45,51)/t23-,24?,29-,33-,34-/m0/s1. The molecule has 0 radical (unpaired) electrons. The monoisotopic (exact) mass is 736 g/mol. The number of hydrogen-bond acceptors (Lipinski definition) is 9. The van der Waals surface area contributed by atoms with Gasteiger partial charge in [-0.15, -0.1) is 0 Å². The van der Waals surface area contributed by atoms with Crippen molar-refractivity contribution in [3.8, 4) is 22.5 Å². The molecule has 2 bridgehead atoms. The van der Waals surface area contributed by atoms with Crippen LogP contribution in [0.3, 0.4) is 0 Å². The number of methoxy groups -OCH3 is 2. The van der Waals surface area contributed by atoms with E-state index >= 15 is 0 Å². The Balaban J connectivity index is 1.01. The van der Waals surface area contributed by atoms with Crippen LogP contribution < -0.4 is 10.6 Å². The van der Waals surface area contributed by atoms with E-state index in [0.717, 1.165) is 82.4 Å². The second kappa shape index (κ2) is 14.2. The first-order valence-corrected chi connectivity index (χ1v) is 18.5. The predicted octanol–water partition coefficient (Wildman–Crippen LogP) is 5.82. The average Bonchev–Trinajstić information content (AvgIpc) is 4.04. The minimum absolute atomic E-state index is 0.107. The first kappa shape index (κ1) is 35.2. The van der Waals surface area contributed by atoms with E-state index < -0.39 is 18.2 Å². The number of likely N-dealkylation sites (tertiary alicyclic amines) is 2. The Morgan fingerprint density at radius 3 is 2.19 bits per heavy atom. The third-order valence-corrected chi connectivity index (χ3v) is 11.3. The summed E-state index contributed by atoms with van der Waals surface area (Å²) < 4.78 is 15.8. The topological polar surface area (TPSA) is 188 Å². The second-order valence-corrected chi connectivity index (χ2v) is 14.8. The summed E-state index contributed by atoms with van der Waals surface area (Å²) in [6, 6.07) is 11.1. The van der Waals surface area contributed by atoms with Gasteiger partial charge in [-0.25, -0.2) is 19.6 Å². The van der Waals surface area contributed by atoms with Crippen LogP contribution in [0.25, 0.3) is 44.5 Å². The number of carbonyl (C=O) groups excluding carboxylic acids is 4. The molecule has 2 aliphatic heterocycles. The van der Waals surface area contributed by atoms with Crippen molar-refractivity contribution in [2.45, 2.75) is 70.1 Å². The van der Waals surface area contributed by atoms with Gasteiger partial charge in [-0.05, 0) is 68.2 Å². The largest absolute Gasteiger partial charge is 0.456 e. The van der Waals surface area contributed by atoms with Crippen molar-refractivity contribution < 1.29 is 33.1 Å². The predicted molar refractivity (Wildman–Crippen MR) is 198 cm³/mol. The van der Waals surface area contributed by atoms with Crippen molar-refractivity contribution in [3.05, 3.63) is 60.4 Å². The van der Waals surface area contributed by atoms with Crippen LogP contribution in [0.15, 0.2) is 53.2 Å². The fourth-order valence-corrected chi connectivity index (χ4v) is 8.59. The molecule has 8 rings (SSSR count). The highest BCUT2D eigenvalue weighted by molar-refractivity contribution is 6.06. The Kier molecular flexibility index (Phi) is 9.24. The van der Waals surface area contributed by atoms with Gasteiger partial charge in [0.25, 0.3) is 0 Å². The molecule has 1 aliphatic carbocycles. The molecule has 4 amide bonds. The number of piperidine rings is 1. The number of imidazole rings is 2. The number of alkyl carbamates (subject to hydrolysis) is 2. The maximum atomic E-state index is 14.0. The zero-order valence-electron chi connectivity index (χ0n) is 30.7. The third kappa shape index (κ3) is 6.30. The Morgan fingerprint density at radius 2 is 1.54 bits per heavy atom. The minimum Gasteiger partial charge on any atom is -0.456 e. The fourth-order valence-electron chi connectivity index (χ4n) is 8.59. The van der Waals surface area contributed by atoms with Crippen LogP contribution in [0.4, 0.5) is 9.59 Å². The van der Waals surface area contributed by atoms with Crippen LogP contribution in [0.5, 0.6) is 0 Å². The zero-order chi connectivity index (χ0) is 37.7. The molecule has 5 heterocycles. The molecule has 15 heteroatoms. The molecular weight excluding hydrogens is 692 g/mol. The van der Waals surface area contributed by atoms with Crippen molar-refractivity contribution in [1.29, 1.82) is 0 Å². The van der Waals surface area contributed by atoms with Gasteiger partial charge >= 0.3 is 12.2 Å². The van der Waals surface area contributed by atoms with Crippen LogP contribution in [0.2, 0.25) is 0 Å². The van der Waals surface area contributed by atoms with E-state index in [-0.39, 0.29) is 48.3 Å². The second-order valence-electron chi connectivity index (χ2n) is 14.8. The smallest absolute Gasteiger partial charge is 0.407 e. The fraction of sp³-hybridized carbons (Fsp3) is 0.436. The molecule has 3 fully saturated rings. The molecule has 15 nitrogen and oxygen atoms in total. The molecule has 5 atom stereocenters. The van der Waals surface area contributed by atoms with Crippen molar-refractivity contribution in [3.63, 3.8) is 0 Å². The number of ether oxygens (including phenoxy) is 2. The molecule has 2 aromatic carbocycles. The number of carbonyl (C=O) groups is 4. The number of aromatic amines is 2. The van der Waals surface area contributed by atoms with Gasteiger partial charge in [0, 0.05) is 34.5 Å². The van der Waals surface area contributed by atoms with Gasteiger partial charge in [0.1, 0.15) is 35.4 Å². The van der Waals surface area contributed by atoms with Crippen LogP contribution in [0.1, 0.15) is 69.7 Å². The van der Waals surface area contributed by atoms with E-state index in [9.17, 15) is 19.2 Å². The molecule has 1 saturated carbocycles. The number of fused-ring (bicyclic) bond motifs is 5. The number of nitrogens with one attached hydrogen (secondary N) is 4. The number of nitrogens with zero attached hydrogens (tertiary/aromatic N) is 4. The van der Waals surface area contributed by atoms with E-state index in [1.54, 1.807) is 11.1 Å². The molecule has 4 N–H and O–H groups in total. The van der Waals surface area contributed by atoms with E-state index in [0.29, 0.717) is 12.4 Å². The SMILES string of the molecule is COC(=O)NCC(=O)N1CCC[C@H]1c1ncc(-c2ccc3c(c2)oc2cc(-c4cnc([C@@H]5[C@H]6CCC(C6)N5C(=O)[C@@H](NC(=O)OC)C(C)C)[nH]4)ccc23)[nH]1. The van der Waals surface area contributed by atoms with Gasteiger partial charge in [-0.2, -0.15) is 0 Å². The maximum absolute atomic E-state index is 14.0. The zero-order valence-corrected chi connectivity index (χ0v) is 30.7. The number of aromatic nitrogens is 4. The third-order valence-electron chi connectivity index (χ3n) is 11.3. The van der Waals surface area contributed by atoms with E-state index in [1.165, 1.54) is 14.2 Å². The van der Waals surface area contributed by atoms with Crippen LogP contribution in [-0.2, 0) is 19.1 Å². The lowest BCUT2D eigenvalue weighted by molar-refractivity contribution is -0.139. The summed E-state index contributed by atoms with van der Waals surface area (Å²) in [5.41, 5.74) is 4.88. The van der Waals surface area contributed by atoms with E-state index in [2.05, 4.69) is 30.3 Å². The summed E-state index contributed by atoms with van der Waals surface area (Å²) in [6.07, 6.45) is 6.79. The Morgan fingerprint density at radius 1 is 0.889 bits per heavy atom. The summed E-state index contributed by atoms with van der Waals surface area (Å²) in [7, 11) is 2.56. The Hall–Kier alpha value is -5.86. The number of furan rings is 1. The Bertz CT molecular complexity index is 2240. The molecule has 2 saturated heterocycles. The molecular formula is C39H44N8O7. The highest BCUT2D eigenvalue weighted by Gasteiger charge is 2.51. The number of H-pyrrole nitrogens is 2. The highest BCUT2D eigenvalue weighted by atomic mass is 16.5. The average molecular weight is 737 g/mol. The van der Waals surface area contributed by atoms with Gasteiger partial charge < -0.3 is 44.3 Å². The van der Waals surface area contributed by atoms with Crippen molar-refractivity contribution in [2.24, 2.45) is 11.8 Å². The molecule has 0 spiro atoms. The lowest BCUT2D eigenvalue weighted by atomic mass is 9.95. The first-order valence-electron chi connectivity index (χ1n) is 18.5. The summed E-state index contributed by atoms with van der Waals surface area (Å²) in [5.74, 6) is 1.30. The van der Waals surface area contributed by atoms with Gasteiger partial charge in [-0.3, -0.25) is 9.59 Å². The normalized spacial score (nSPS) is 21.3. The number of rotatable bonds is 9. The molecule has 3 aliphatic rings. The van der Waals surface area contributed by atoms with Crippen molar-refractivity contribution in [1.82, 2.24) is 40.4 Å². The van der Waals surface area contributed by atoms with Gasteiger partial charge in [0.2, 0.25) is 11.8 Å².